The lowest BCUT2D eigenvalue weighted by Gasteiger charge is -2.20. The summed E-state index contributed by atoms with van der Waals surface area (Å²) in [4.78, 5) is 11.9. The Labute approximate surface area is 140 Å². The first kappa shape index (κ1) is 18.4. The maximum absolute atomic E-state index is 12.6. The molecule has 0 aliphatic heterocycles. The van der Waals surface area contributed by atoms with Crippen LogP contribution in [0.1, 0.15) is 20.8 Å². The average molecular weight is 356 g/mol. The number of carbonyl (C=O) groups excluding carboxylic acids is 1. The largest absolute Gasteiger partial charge is 0.573 e. The van der Waals surface area contributed by atoms with Crippen LogP contribution in [-0.2, 0) is 11.3 Å². The fourth-order valence-corrected chi connectivity index (χ4v) is 2.09. The molecule has 0 bridgehead atoms. The van der Waals surface area contributed by atoms with Gasteiger partial charge < -0.3 is 9.47 Å². The summed E-state index contributed by atoms with van der Waals surface area (Å²) < 4.78 is 47.9. The van der Waals surface area contributed by atoms with Crippen molar-refractivity contribution in [1.29, 1.82) is 5.26 Å². The van der Waals surface area contributed by atoms with E-state index in [1.165, 1.54) is 12.3 Å². The summed E-state index contributed by atoms with van der Waals surface area (Å²) >= 11 is 0. The molecule has 0 saturated carbocycles. The summed E-state index contributed by atoms with van der Waals surface area (Å²) in [5, 5.41) is 15.3. The van der Waals surface area contributed by atoms with E-state index in [9.17, 15) is 18.0 Å². The fraction of sp³-hybridized carbons (Fsp3) is 0.400. The number of amides is 1. The number of aromatic nitrogens is 2. The fourth-order valence-electron chi connectivity index (χ4n) is 2.09. The standard InChI is InChI=1S/C15H15F3N4O3/c1-14(2,3)25-13(23)21-10-4-5-11(24-15(16,17)18)12-9(10)8-20-22(12)7-6-19/h4-5,8H,7H2,1-3H3,(H,21,23). The molecule has 0 aliphatic carbocycles. The number of nitriles is 1. The van der Waals surface area contributed by atoms with Gasteiger partial charge in [0.25, 0.3) is 0 Å². The lowest BCUT2D eigenvalue weighted by Crippen LogP contribution is -2.27. The third kappa shape index (κ3) is 4.76. The van der Waals surface area contributed by atoms with Crippen molar-refractivity contribution in [3.63, 3.8) is 0 Å². The Bertz CT molecular complexity index is 831. The molecule has 0 fully saturated rings. The van der Waals surface area contributed by atoms with E-state index in [-0.39, 0.29) is 23.1 Å². The second-order valence-electron chi connectivity index (χ2n) is 6.01. The summed E-state index contributed by atoms with van der Waals surface area (Å²) in [6, 6.07) is 4.08. The van der Waals surface area contributed by atoms with Gasteiger partial charge in [-0.25, -0.2) is 9.48 Å². The summed E-state index contributed by atoms with van der Waals surface area (Å²) in [5.74, 6) is -0.523. The van der Waals surface area contributed by atoms with E-state index in [0.29, 0.717) is 0 Å². The summed E-state index contributed by atoms with van der Waals surface area (Å²) in [6.45, 7) is 4.74. The highest BCUT2D eigenvalue weighted by Gasteiger charge is 2.33. The predicted molar refractivity (Wildman–Crippen MR) is 81.9 cm³/mol. The van der Waals surface area contributed by atoms with Gasteiger partial charge in [0, 0.05) is 5.39 Å². The van der Waals surface area contributed by atoms with Crippen LogP contribution < -0.4 is 10.1 Å². The van der Waals surface area contributed by atoms with Gasteiger partial charge >= 0.3 is 12.5 Å². The quantitative estimate of drug-likeness (QED) is 0.903. The molecule has 25 heavy (non-hydrogen) atoms. The molecule has 0 aliphatic rings. The molecule has 7 nitrogen and oxygen atoms in total. The molecule has 1 aromatic heterocycles. The minimum atomic E-state index is -4.91. The number of benzene rings is 1. The molecular formula is C15H15F3N4O3. The first-order valence-electron chi connectivity index (χ1n) is 7.11. The summed E-state index contributed by atoms with van der Waals surface area (Å²) in [7, 11) is 0. The van der Waals surface area contributed by atoms with E-state index in [1.54, 1.807) is 26.8 Å². The highest BCUT2D eigenvalue weighted by atomic mass is 19.4. The Morgan fingerprint density at radius 2 is 2.04 bits per heavy atom. The van der Waals surface area contributed by atoms with Crippen LogP contribution >= 0.6 is 0 Å². The van der Waals surface area contributed by atoms with E-state index >= 15 is 0 Å². The minimum Gasteiger partial charge on any atom is -0.444 e. The van der Waals surface area contributed by atoms with Crippen molar-refractivity contribution in [3.8, 4) is 11.8 Å². The van der Waals surface area contributed by atoms with Gasteiger partial charge in [0.05, 0.1) is 18.0 Å². The van der Waals surface area contributed by atoms with Crippen LogP contribution in [0.3, 0.4) is 0 Å². The Morgan fingerprint density at radius 1 is 1.36 bits per heavy atom. The number of nitrogens with one attached hydrogen (secondary N) is 1. The van der Waals surface area contributed by atoms with Gasteiger partial charge in [-0.1, -0.05) is 0 Å². The van der Waals surface area contributed by atoms with Gasteiger partial charge in [-0.15, -0.1) is 13.2 Å². The third-order valence-corrected chi connectivity index (χ3v) is 2.85. The van der Waals surface area contributed by atoms with E-state index in [4.69, 9.17) is 10.00 Å². The van der Waals surface area contributed by atoms with Crippen molar-refractivity contribution in [2.45, 2.75) is 39.3 Å². The summed E-state index contributed by atoms with van der Waals surface area (Å²) in [5.41, 5.74) is -0.622. The van der Waals surface area contributed by atoms with Crippen LogP contribution in [-0.4, -0.2) is 27.8 Å². The monoisotopic (exact) mass is 356 g/mol. The normalized spacial score (nSPS) is 11.9. The number of hydrogen-bond donors (Lipinski definition) is 1. The number of ether oxygens (including phenoxy) is 2. The van der Waals surface area contributed by atoms with Crippen molar-refractivity contribution in [3.05, 3.63) is 18.3 Å². The van der Waals surface area contributed by atoms with Crippen LogP contribution in [0.15, 0.2) is 18.3 Å². The molecule has 134 valence electrons. The molecule has 0 spiro atoms. The Morgan fingerprint density at radius 3 is 2.60 bits per heavy atom. The SMILES string of the molecule is CC(C)(C)OC(=O)Nc1ccc(OC(F)(F)F)c2c1cnn2CC#N. The first-order chi connectivity index (χ1) is 11.5. The number of nitrogens with zero attached hydrogens (tertiary/aromatic N) is 3. The van der Waals surface area contributed by atoms with Gasteiger partial charge in [0.15, 0.2) is 5.75 Å². The third-order valence-electron chi connectivity index (χ3n) is 2.85. The van der Waals surface area contributed by atoms with Crippen LogP contribution in [0.2, 0.25) is 0 Å². The molecule has 1 amide bonds. The van der Waals surface area contributed by atoms with Crippen molar-refractivity contribution in [2.75, 3.05) is 5.32 Å². The maximum Gasteiger partial charge on any atom is 0.573 e. The molecule has 0 unspecified atom stereocenters. The van der Waals surface area contributed by atoms with Gasteiger partial charge in [-0.2, -0.15) is 10.4 Å². The molecule has 0 saturated heterocycles. The van der Waals surface area contributed by atoms with Crippen molar-refractivity contribution >= 4 is 22.7 Å². The van der Waals surface area contributed by atoms with Crippen molar-refractivity contribution in [2.24, 2.45) is 0 Å². The molecule has 10 heteroatoms. The summed E-state index contributed by atoms with van der Waals surface area (Å²) in [6.07, 6.45) is -4.44. The molecule has 2 aromatic rings. The number of halogens is 3. The molecule has 1 aromatic carbocycles. The number of fused-ring (bicyclic) bond motifs is 1. The van der Waals surface area contributed by atoms with Crippen LogP contribution in [0.5, 0.6) is 5.75 Å². The van der Waals surface area contributed by atoms with Crippen LogP contribution in [0.25, 0.3) is 10.9 Å². The number of carbonyl (C=O) groups is 1. The van der Waals surface area contributed by atoms with Crippen LogP contribution in [0.4, 0.5) is 23.7 Å². The molecule has 2 rings (SSSR count). The number of alkyl halides is 3. The number of anilines is 1. The zero-order chi connectivity index (χ0) is 18.8. The van der Waals surface area contributed by atoms with E-state index in [0.717, 1.165) is 10.7 Å². The van der Waals surface area contributed by atoms with E-state index in [2.05, 4.69) is 15.2 Å². The molecule has 1 N–H and O–H groups in total. The lowest BCUT2D eigenvalue weighted by atomic mass is 10.2. The highest BCUT2D eigenvalue weighted by Crippen LogP contribution is 2.35. The smallest absolute Gasteiger partial charge is 0.444 e. The van der Waals surface area contributed by atoms with Crippen molar-refractivity contribution in [1.82, 2.24) is 9.78 Å². The van der Waals surface area contributed by atoms with E-state index in [1.807, 2.05) is 0 Å². The Kier molecular flexibility index (Phi) is 4.78. The second kappa shape index (κ2) is 6.51. The average Bonchev–Trinajstić information content (AvgIpc) is 2.83. The van der Waals surface area contributed by atoms with Gasteiger partial charge in [-0.3, -0.25) is 5.32 Å². The van der Waals surface area contributed by atoms with Gasteiger partial charge in [0.1, 0.15) is 17.7 Å². The molecular weight excluding hydrogens is 341 g/mol. The topological polar surface area (TPSA) is 89.2 Å². The molecule has 0 atom stereocenters. The maximum atomic E-state index is 12.6. The Hall–Kier alpha value is -2.96. The lowest BCUT2D eigenvalue weighted by molar-refractivity contribution is -0.274. The zero-order valence-electron chi connectivity index (χ0n) is 13.6. The van der Waals surface area contributed by atoms with Gasteiger partial charge in [0.2, 0.25) is 0 Å². The predicted octanol–water partition coefficient (Wildman–Crippen LogP) is 3.81. The highest BCUT2D eigenvalue weighted by molar-refractivity contribution is 6.01. The number of hydrogen-bond acceptors (Lipinski definition) is 5. The minimum absolute atomic E-state index is 0.0626. The molecule has 0 radical (unpaired) electrons. The van der Waals surface area contributed by atoms with Crippen LogP contribution in [0, 0.1) is 11.3 Å². The van der Waals surface area contributed by atoms with Crippen molar-refractivity contribution < 1.29 is 27.4 Å². The molecule has 1 heterocycles. The zero-order valence-corrected chi connectivity index (χ0v) is 13.6. The Balaban J connectivity index is 2.46. The first-order valence-corrected chi connectivity index (χ1v) is 7.11. The van der Waals surface area contributed by atoms with Gasteiger partial charge in [-0.05, 0) is 32.9 Å². The number of rotatable bonds is 3. The second-order valence-corrected chi connectivity index (χ2v) is 6.01. The van der Waals surface area contributed by atoms with E-state index < -0.39 is 23.8 Å².